The van der Waals surface area contributed by atoms with E-state index in [4.69, 9.17) is 9.47 Å². The zero-order valence-corrected chi connectivity index (χ0v) is 24.6. The number of methoxy groups -OCH3 is 2. The number of nitrogens with one attached hydrogen (secondary N) is 3. The van der Waals surface area contributed by atoms with Gasteiger partial charge in [-0.1, -0.05) is 18.2 Å². The van der Waals surface area contributed by atoms with Crippen molar-refractivity contribution in [1.82, 2.24) is 15.0 Å². The van der Waals surface area contributed by atoms with Gasteiger partial charge < -0.3 is 25.4 Å². The van der Waals surface area contributed by atoms with Crippen molar-refractivity contribution in [2.75, 3.05) is 30.2 Å². The number of rotatable bonds is 9. The lowest BCUT2D eigenvalue weighted by Crippen LogP contribution is -2.14. The number of anilines is 4. The van der Waals surface area contributed by atoms with Gasteiger partial charge in [0.05, 0.1) is 36.7 Å². The molecule has 6 aromatic rings. The van der Waals surface area contributed by atoms with Crippen molar-refractivity contribution < 1.29 is 23.0 Å². The van der Waals surface area contributed by atoms with Crippen LogP contribution in [0.15, 0.2) is 85.3 Å². The number of aromatic nitrogens is 3. The van der Waals surface area contributed by atoms with Crippen molar-refractivity contribution in [3.63, 3.8) is 0 Å². The number of carbonyl (C=O) groups excluding carboxylic acids is 1. The molecule has 0 unspecified atom stereocenters. The second kappa shape index (κ2) is 12.4. The Labute approximate surface area is 257 Å². The topological polar surface area (TPSA) is 110 Å². The summed E-state index contributed by atoms with van der Waals surface area (Å²) in [4.78, 5) is 27.0. The first-order valence-corrected chi connectivity index (χ1v) is 14.0. The SMILES string of the molecule is COc1ccc(CNc2ncnc3c(C(=O)Nc4c(C)ccc5c(Nc6cc(F)ccc6F)nccc45)cccc23)c(OC)c1. The maximum Gasteiger partial charge on any atom is 0.257 e. The van der Waals surface area contributed by atoms with E-state index in [2.05, 4.69) is 30.9 Å². The van der Waals surface area contributed by atoms with Gasteiger partial charge in [-0.25, -0.2) is 23.7 Å². The van der Waals surface area contributed by atoms with E-state index in [1.807, 2.05) is 43.3 Å². The largest absolute Gasteiger partial charge is 0.497 e. The lowest BCUT2D eigenvalue weighted by Gasteiger charge is -2.16. The molecule has 45 heavy (non-hydrogen) atoms. The molecular weight excluding hydrogens is 578 g/mol. The monoisotopic (exact) mass is 606 g/mol. The Morgan fingerprint density at radius 1 is 0.844 bits per heavy atom. The molecule has 2 aromatic heterocycles. The van der Waals surface area contributed by atoms with Crippen LogP contribution in [0.1, 0.15) is 21.5 Å². The van der Waals surface area contributed by atoms with E-state index in [0.29, 0.717) is 62.6 Å². The summed E-state index contributed by atoms with van der Waals surface area (Å²) in [6.45, 7) is 2.28. The van der Waals surface area contributed by atoms with E-state index in [1.165, 1.54) is 12.5 Å². The van der Waals surface area contributed by atoms with Crippen molar-refractivity contribution in [3.05, 3.63) is 114 Å². The zero-order valence-electron chi connectivity index (χ0n) is 24.6. The minimum Gasteiger partial charge on any atom is -0.497 e. The Bertz CT molecular complexity index is 2070. The number of nitrogens with zero attached hydrogens (tertiary/aromatic N) is 3. The molecule has 11 heteroatoms. The number of carbonyl (C=O) groups is 1. The molecule has 0 bridgehead atoms. The lowest BCUT2D eigenvalue weighted by molar-refractivity contribution is 0.102. The number of amides is 1. The van der Waals surface area contributed by atoms with Gasteiger partial charge in [0.25, 0.3) is 5.91 Å². The summed E-state index contributed by atoms with van der Waals surface area (Å²) < 4.78 is 39.0. The predicted octanol–water partition coefficient (Wildman–Crippen LogP) is 7.39. The van der Waals surface area contributed by atoms with E-state index in [1.54, 1.807) is 32.4 Å². The molecule has 1 amide bonds. The number of fused-ring (bicyclic) bond motifs is 2. The lowest BCUT2D eigenvalue weighted by atomic mass is 10.0. The number of ether oxygens (including phenoxy) is 2. The van der Waals surface area contributed by atoms with Gasteiger partial charge >= 0.3 is 0 Å². The fourth-order valence-corrected chi connectivity index (χ4v) is 5.12. The number of benzene rings is 4. The molecule has 0 saturated heterocycles. The molecule has 0 spiro atoms. The van der Waals surface area contributed by atoms with E-state index < -0.39 is 11.6 Å². The van der Waals surface area contributed by atoms with Gasteiger partial charge in [0.1, 0.15) is 41.1 Å². The summed E-state index contributed by atoms with van der Waals surface area (Å²) in [5.41, 5.74) is 3.03. The number of para-hydroxylation sites is 1. The molecule has 0 saturated carbocycles. The Balaban J connectivity index is 1.30. The molecule has 0 fully saturated rings. The van der Waals surface area contributed by atoms with Gasteiger partial charge in [0.2, 0.25) is 0 Å². The summed E-state index contributed by atoms with van der Waals surface area (Å²) in [6, 6.07) is 19.4. The predicted molar refractivity (Wildman–Crippen MR) is 170 cm³/mol. The summed E-state index contributed by atoms with van der Waals surface area (Å²) in [7, 11) is 3.19. The van der Waals surface area contributed by atoms with Crippen LogP contribution in [0.25, 0.3) is 21.7 Å². The summed E-state index contributed by atoms with van der Waals surface area (Å²) in [6.07, 6.45) is 2.95. The molecule has 3 N–H and O–H groups in total. The van der Waals surface area contributed by atoms with Crippen LogP contribution < -0.4 is 25.4 Å². The van der Waals surface area contributed by atoms with Crippen molar-refractivity contribution in [2.24, 2.45) is 0 Å². The third-order valence-corrected chi connectivity index (χ3v) is 7.42. The van der Waals surface area contributed by atoms with Crippen LogP contribution in [-0.2, 0) is 6.54 Å². The smallest absolute Gasteiger partial charge is 0.257 e. The third-order valence-electron chi connectivity index (χ3n) is 7.42. The fourth-order valence-electron chi connectivity index (χ4n) is 5.12. The van der Waals surface area contributed by atoms with Crippen molar-refractivity contribution in [3.8, 4) is 11.5 Å². The molecule has 6 rings (SSSR count). The van der Waals surface area contributed by atoms with Gasteiger partial charge in [-0.15, -0.1) is 0 Å². The minimum atomic E-state index is -0.620. The number of halogens is 2. The van der Waals surface area contributed by atoms with Gasteiger partial charge in [-0.2, -0.15) is 0 Å². The average molecular weight is 607 g/mol. The highest BCUT2D eigenvalue weighted by Crippen LogP contribution is 2.34. The first-order valence-electron chi connectivity index (χ1n) is 14.0. The molecule has 0 aliphatic rings. The van der Waals surface area contributed by atoms with E-state index in [9.17, 15) is 13.6 Å². The highest BCUT2D eigenvalue weighted by molar-refractivity contribution is 6.16. The molecule has 2 heterocycles. The highest BCUT2D eigenvalue weighted by atomic mass is 19.1. The van der Waals surface area contributed by atoms with Crippen molar-refractivity contribution >= 4 is 50.6 Å². The number of aryl methyl sites for hydroxylation is 1. The number of hydrogen-bond acceptors (Lipinski definition) is 8. The Kier molecular flexibility index (Phi) is 8.06. The molecule has 0 radical (unpaired) electrons. The maximum absolute atomic E-state index is 14.4. The number of pyridine rings is 1. The molecule has 4 aromatic carbocycles. The van der Waals surface area contributed by atoms with Crippen molar-refractivity contribution in [2.45, 2.75) is 13.5 Å². The maximum atomic E-state index is 14.4. The van der Waals surface area contributed by atoms with Crippen LogP contribution >= 0.6 is 0 Å². The second-order valence-electron chi connectivity index (χ2n) is 10.2. The fraction of sp³-hybridized carbons (Fsp3) is 0.118. The molecular formula is C34H28F2N6O3. The molecule has 226 valence electrons. The van der Waals surface area contributed by atoms with Crippen LogP contribution in [0, 0.1) is 18.6 Å². The Hall–Kier alpha value is -5.84. The van der Waals surface area contributed by atoms with Crippen LogP contribution in [0.3, 0.4) is 0 Å². The van der Waals surface area contributed by atoms with Gasteiger partial charge in [-0.05, 0) is 55.0 Å². The minimum absolute atomic E-state index is 0.0496. The summed E-state index contributed by atoms with van der Waals surface area (Å²) in [5, 5.41) is 11.2. The normalized spacial score (nSPS) is 11.0. The summed E-state index contributed by atoms with van der Waals surface area (Å²) in [5.74, 6) is 0.645. The van der Waals surface area contributed by atoms with Crippen LogP contribution in [0.5, 0.6) is 11.5 Å². The Morgan fingerprint density at radius 2 is 1.71 bits per heavy atom. The van der Waals surface area contributed by atoms with Gasteiger partial charge in [0.15, 0.2) is 0 Å². The van der Waals surface area contributed by atoms with Gasteiger partial charge in [0, 0.05) is 46.6 Å². The molecule has 0 atom stereocenters. The van der Waals surface area contributed by atoms with Gasteiger partial charge in [-0.3, -0.25) is 4.79 Å². The summed E-state index contributed by atoms with van der Waals surface area (Å²) >= 11 is 0. The molecule has 0 aliphatic heterocycles. The quantitative estimate of drug-likeness (QED) is 0.156. The highest BCUT2D eigenvalue weighted by Gasteiger charge is 2.18. The first-order chi connectivity index (χ1) is 21.9. The van der Waals surface area contributed by atoms with Crippen LogP contribution in [0.4, 0.5) is 31.8 Å². The molecule has 9 nitrogen and oxygen atoms in total. The van der Waals surface area contributed by atoms with Crippen LogP contribution in [0.2, 0.25) is 0 Å². The van der Waals surface area contributed by atoms with E-state index >= 15 is 0 Å². The average Bonchev–Trinajstić information content (AvgIpc) is 3.06. The molecule has 0 aliphatic carbocycles. The first kappa shape index (κ1) is 29.2. The standard InChI is InChI=1S/C34H28F2N6O3/c1-19-7-11-24-23(13-14-37-33(24)41-28-15-21(35)9-12-27(28)36)30(19)42-34(43)26-6-4-5-25-31(26)39-18-40-32(25)38-17-20-8-10-22(44-2)16-29(20)45-3/h4-16,18H,17H2,1-3H3,(H,37,41)(H,42,43)(H,38,39,40). The van der Waals surface area contributed by atoms with Crippen LogP contribution in [-0.4, -0.2) is 35.1 Å². The van der Waals surface area contributed by atoms with E-state index in [-0.39, 0.29) is 11.6 Å². The van der Waals surface area contributed by atoms with E-state index in [0.717, 1.165) is 29.3 Å². The Morgan fingerprint density at radius 3 is 2.53 bits per heavy atom. The van der Waals surface area contributed by atoms with Crippen molar-refractivity contribution in [1.29, 1.82) is 0 Å². The third kappa shape index (κ3) is 5.87. The number of hydrogen-bond donors (Lipinski definition) is 3. The second-order valence-corrected chi connectivity index (χ2v) is 10.2. The zero-order chi connectivity index (χ0) is 31.5.